The molecule has 0 aliphatic carbocycles. The highest BCUT2D eigenvalue weighted by atomic mass is 19.1. The molecular weight excluding hydrogens is 335 g/mol. The van der Waals surface area contributed by atoms with E-state index in [0.29, 0.717) is 17.0 Å². The molecule has 0 aliphatic rings. The largest absolute Gasteiger partial charge is 0.380 e. The molecule has 0 unspecified atom stereocenters. The average Bonchev–Trinajstić information content (AvgIpc) is 3.10. The summed E-state index contributed by atoms with van der Waals surface area (Å²) in [6.07, 6.45) is 5.36. The van der Waals surface area contributed by atoms with Crippen LogP contribution in [0.1, 0.15) is 0 Å². The van der Waals surface area contributed by atoms with Crippen molar-refractivity contribution in [2.24, 2.45) is 10.9 Å². The fraction of sp³-hybridized carbons (Fsp3) is 0. The third kappa shape index (κ3) is 2.42. The Bertz CT molecular complexity index is 1170. The van der Waals surface area contributed by atoms with Crippen LogP contribution < -0.4 is 22.9 Å². The molecule has 3 heterocycles. The van der Waals surface area contributed by atoms with E-state index in [-0.39, 0.29) is 17.1 Å². The first kappa shape index (κ1) is 15.6. The quantitative estimate of drug-likeness (QED) is 0.368. The van der Waals surface area contributed by atoms with E-state index < -0.39 is 0 Å². The number of aromatic nitrogens is 4. The lowest BCUT2D eigenvalue weighted by molar-refractivity contribution is 0.628. The van der Waals surface area contributed by atoms with Gasteiger partial charge in [0.25, 0.3) is 0 Å². The minimum Gasteiger partial charge on any atom is -0.380 e. The van der Waals surface area contributed by atoms with Gasteiger partial charge in [0.1, 0.15) is 11.5 Å². The van der Waals surface area contributed by atoms with Crippen LogP contribution >= 0.6 is 0 Å². The fourth-order valence-corrected chi connectivity index (χ4v) is 2.84. The second kappa shape index (κ2) is 5.88. The van der Waals surface area contributed by atoms with Crippen molar-refractivity contribution in [3.8, 4) is 22.5 Å². The molecular formula is C17H15FN8. The number of nitrogens with zero attached hydrogens (tertiary/aromatic N) is 5. The Morgan fingerprint density at radius 3 is 2.50 bits per heavy atom. The molecule has 0 aliphatic heterocycles. The van der Waals surface area contributed by atoms with Gasteiger partial charge in [-0.1, -0.05) is 0 Å². The molecule has 9 heteroatoms. The Balaban J connectivity index is 2.06. The molecule has 0 saturated heterocycles. The van der Waals surface area contributed by atoms with E-state index in [1.54, 1.807) is 18.3 Å². The number of nitrogen functional groups attached to an aromatic ring is 2. The lowest BCUT2D eigenvalue weighted by Gasteiger charge is -2.16. The van der Waals surface area contributed by atoms with E-state index in [4.69, 9.17) is 17.4 Å². The lowest BCUT2D eigenvalue weighted by Crippen LogP contribution is -2.34. The first-order valence-electron chi connectivity index (χ1n) is 7.69. The van der Waals surface area contributed by atoms with Crippen molar-refractivity contribution in [3.63, 3.8) is 0 Å². The minimum atomic E-state index is -0.350. The van der Waals surface area contributed by atoms with Gasteiger partial charge in [-0.05, 0) is 36.4 Å². The monoisotopic (exact) mass is 350 g/mol. The molecule has 6 N–H and O–H groups in total. The molecule has 0 spiro atoms. The Labute approximate surface area is 147 Å². The summed E-state index contributed by atoms with van der Waals surface area (Å²) >= 11 is 0. The number of halogens is 1. The normalized spacial score (nSPS) is 12.0. The molecule has 8 nitrogen and oxygen atoms in total. The van der Waals surface area contributed by atoms with Crippen molar-refractivity contribution >= 4 is 11.5 Å². The van der Waals surface area contributed by atoms with Gasteiger partial charge >= 0.3 is 0 Å². The van der Waals surface area contributed by atoms with E-state index in [1.807, 2.05) is 28.9 Å². The van der Waals surface area contributed by atoms with E-state index >= 15 is 0 Å². The molecule has 4 rings (SSSR count). The van der Waals surface area contributed by atoms with Crippen LogP contribution in [-0.2, 0) is 0 Å². The number of hydrogen-bond acceptors (Lipinski definition) is 6. The Hall–Kier alpha value is -3.88. The number of pyridine rings is 1. The lowest BCUT2D eigenvalue weighted by atomic mass is 10.0. The van der Waals surface area contributed by atoms with Crippen LogP contribution in [0.4, 0.5) is 10.2 Å². The molecule has 0 saturated carbocycles. The molecule has 0 radical (unpaired) electrons. The number of benzene rings is 1. The van der Waals surface area contributed by atoms with Crippen LogP contribution in [0, 0.1) is 5.82 Å². The van der Waals surface area contributed by atoms with Crippen molar-refractivity contribution in [2.75, 3.05) is 11.6 Å². The molecule has 26 heavy (non-hydrogen) atoms. The first-order chi connectivity index (χ1) is 12.6. The van der Waals surface area contributed by atoms with Gasteiger partial charge in [-0.25, -0.2) is 19.0 Å². The van der Waals surface area contributed by atoms with Gasteiger partial charge in [-0.3, -0.25) is 0 Å². The SMILES string of the molecule is N/N=c1/c(N)nc(-c2ccc(F)cc2)c(-c2ccc3nccn3c2)n1N. The van der Waals surface area contributed by atoms with Gasteiger partial charge in [-0.2, -0.15) is 5.10 Å². The van der Waals surface area contributed by atoms with Crippen LogP contribution in [0.25, 0.3) is 28.2 Å². The number of imidazole rings is 1. The van der Waals surface area contributed by atoms with Crippen molar-refractivity contribution in [1.29, 1.82) is 0 Å². The highest BCUT2D eigenvalue weighted by Gasteiger charge is 2.17. The number of rotatable bonds is 2. The second-order valence-electron chi connectivity index (χ2n) is 5.63. The molecule has 0 amide bonds. The van der Waals surface area contributed by atoms with Crippen LogP contribution in [0.3, 0.4) is 0 Å². The summed E-state index contributed by atoms with van der Waals surface area (Å²) in [6, 6.07) is 9.60. The average molecular weight is 350 g/mol. The zero-order valence-electron chi connectivity index (χ0n) is 13.5. The highest BCUT2D eigenvalue weighted by molar-refractivity contribution is 5.79. The van der Waals surface area contributed by atoms with E-state index in [2.05, 4.69) is 15.1 Å². The molecule has 0 atom stereocenters. The summed E-state index contributed by atoms with van der Waals surface area (Å²) in [5.74, 6) is 11.4. The van der Waals surface area contributed by atoms with E-state index in [9.17, 15) is 4.39 Å². The third-order valence-electron chi connectivity index (χ3n) is 4.06. The van der Waals surface area contributed by atoms with Crippen molar-refractivity contribution in [2.45, 2.75) is 0 Å². The number of fused-ring (bicyclic) bond motifs is 1. The molecule has 1 aromatic carbocycles. The van der Waals surface area contributed by atoms with Gasteiger partial charge < -0.3 is 21.8 Å². The highest BCUT2D eigenvalue weighted by Crippen LogP contribution is 2.29. The summed E-state index contributed by atoms with van der Waals surface area (Å²) < 4.78 is 16.4. The minimum absolute atomic E-state index is 0.0711. The van der Waals surface area contributed by atoms with Crippen molar-refractivity contribution in [1.82, 2.24) is 19.0 Å². The molecule has 130 valence electrons. The van der Waals surface area contributed by atoms with Gasteiger partial charge in [0.2, 0.25) is 5.49 Å². The van der Waals surface area contributed by atoms with Gasteiger partial charge in [0, 0.05) is 29.7 Å². The maximum Gasteiger partial charge on any atom is 0.213 e. The van der Waals surface area contributed by atoms with E-state index in [1.165, 1.54) is 16.8 Å². The Morgan fingerprint density at radius 1 is 1.04 bits per heavy atom. The third-order valence-corrected chi connectivity index (χ3v) is 4.06. The standard InChI is InChI=1S/C17H15FN8/c18-12-4-1-10(2-5-12)14-15(26(21)17(24-20)16(19)23-14)11-3-6-13-22-7-8-25(13)9-11/h1-9H,20-21H2,(H2,19,23)/b24-17-. The summed E-state index contributed by atoms with van der Waals surface area (Å²) in [6.45, 7) is 0. The maximum absolute atomic E-state index is 13.3. The molecule has 3 aromatic heterocycles. The zero-order valence-corrected chi connectivity index (χ0v) is 13.5. The summed E-state index contributed by atoms with van der Waals surface area (Å²) in [5.41, 5.74) is 9.28. The smallest absolute Gasteiger partial charge is 0.213 e. The topological polar surface area (TPSA) is 126 Å². The fourth-order valence-electron chi connectivity index (χ4n) is 2.84. The van der Waals surface area contributed by atoms with Crippen molar-refractivity contribution in [3.05, 3.63) is 66.3 Å². The molecule has 0 fully saturated rings. The summed E-state index contributed by atoms with van der Waals surface area (Å²) in [4.78, 5) is 8.63. The number of anilines is 1. The van der Waals surface area contributed by atoms with Crippen LogP contribution in [0.5, 0.6) is 0 Å². The van der Waals surface area contributed by atoms with Crippen LogP contribution in [-0.4, -0.2) is 19.0 Å². The first-order valence-corrected chi connectivity index (χ1v) is 7.69. The van der Waals surface area contributed by atoms with Gasteiger partial charge in [0.05, 0.1) is 11.4 Å². The Morgan fingerprint density at radius 2 is 1.77 bits per heavy atom. The van der Waals surface area contributed by atoms with E-state index in [0.717, 1.165) is 11.2 Å². The van der Waals surface area contributed by atoms with Gasteiger partial charge in [0.15, 0.2) is 5.82 Å². The molecule has 4 aromatic rings. The van der Waals surface area contributed by atoms with Crippen molar-refractivity contribution < 1.29 is 4.39 Å². The van der Waals surface area contributed by atoms with Gasteiger partial charge in [-0.15, -0.1) is 0 Å². The van der Waals surface area contributed by atoms with Crippen LogP contribution in [0.15, 0.2) is 60.1 Å². The molecule has 0 bridgehead atoms. The number of nitrogens with two attached hydrogens (primary N) is 3. The number of hydrogen-bond donors (Lipinski definition) is 3. The predicted molar refractivity (Wildman–Crippen MR) is 96.1 cm³/mol. The zero-order chi connectivity index (χ0) is 18.3. The second-order valence-corrected chi connectivity index (χ2v) is 5.63. The summed E-state index contributed by atoms with van der Waals surface area (Å²) in [7, 11) is 0. The Kier molecular flexibility index (Phi) is 3.54. The predicted octanol–water partition coefficient (Wildman–Crippen LogP) is 1.07. The maximum atomic E-state index is 13.3. The summed E-state index contributed by atoms with van der Waals surface area (Å²) in [5, 5.41) is 3.63. The van der Waals surface area contributed by atoms with Crippen LogP contribution in [0.2, 0.25) is 0 Å².